The highest BCUT2D eigenvalue weighted by molar-refractivity contribution is 7.87. The molecule has 0 radical (unpaired) electrons. The Balaban J connectivity index is 2.43. The van der Waals surface area contributed by atoms with Gasteiger partial charge in [0.15, 0.2) is 0 Å². The molecule has 2 aromatic rings. The Morgan fingerprint density at radius 2 is 1.47 bits per heavy atom. The monoisotopic (exact) mass is 272 g/mol. The van der Waals surface area contributed by atoms with Crippen molar-refractivity contribution in [3.8, 4) is 0 Å². The van der Waals surface area contributed by atoms with Crippen LogP contribution in [0.4, 0.5) is 0 Å². The molecule has 98 valence electrons. The van der Waals surface area contributed by atoms with Crippen molar-refractivity contribution in [2.45, 2.75) is 9.79 Å². The first-order chi connectivity index (χ1) is 9.31. The van der Waals surface area contributed by atoms with Crippen LogP contribution in [0.25, 0.3) is 0 Å². The van der Waals surface area contributed by atoms with Crippen molar-refractivity contribution in [3.05, 3.63) is 60.7 Å². The van der Waals surface area contributed by atoms with Gasteiger partial charge in [-0.1, -0.05) is 36.4 Å². The number of amides is 1. The smallest absolute Gasteiger partial charge is 0.266 e. The molecule has 0 spiro atoms. The van der Waals surface area contributed by atoms with Crippen molar-refractivity contribution in [2.24, 2.45) is 4.36 Å². The average molecular weight is 272 g/mol. The molecule has 0 saturated heterocycles. The van der Waals surface area contributed by atoms with Crippen LogP contribution in [0.1, 0.15) is 0 Å². The van der Waals surface area contributed by atoms with E-state index in [-0.39, 0.29) is 12.5 Å². The lowest BCUT2D eigenvalue weighted by atomic mass is 10.4. The maximum atomic E-state index is 11.8. The molecule has 0 fully saturated rings. The molecule has 0 unspecified atom stereocenters. The number of carbonyl (C=O) groups is 1. The lowest BCUT2D eigenvalue weighted by Gasteiger charge is -2.08. The average Bonchev–Trinajstić information content (AvgIpc) is 2.47. The molecule has 2 rings (SSSR count). The van der Waals surface area contributed by atoms with Crippen LogP contribution in [-0.4, -0.2) is 19.5 Å². The van der Waals surface area contributed by atoms with E-state index >= 15 is 0 Å². The predicted molar refractivity (Wildman–Crippen MR) is 78.1 cm³/mol. The summed E-state index contributed by atoms with van der Waals surface area (Å²) in [6.07, 6.45) is 0. The van der Waals surface area contributed by atoms with E-state index in [2.05, 4.69) is 9.68 Å². The second-order valence-corrected chi connectivity index (χ2v) is 5.62. The molecule has 3 nitrogen and oxygen atoms in total. The van der Waals surface area contributed by atoms with Crippen LogP contribution in [0.3, 0.4) is 0 Å². The molecular weight excluding hydrogens is 256 g/mol. The van der Waals surface area contributed by atoms with Crippen LogP contribution in [0.15, 0.2) is 74.8 Å². The highest BCUT2D eigenvalue weighted by Gasteiger charge is 2.07. The van der Waals surface area contributed by atoms with Gasteiger partial charge in [0.2, 0.25) is 0 Å². The van der Waals surface area contributed by atoms with Gasteiger partial charge in [0, 0.05) is 9.79 Å². The number of nitrogens with zero attached hydrogens (tertiary/aromatic N) is 1. The molecule has 0 saturated carbocycles. The molecule has 0 aliphatic heterocycles. The molecule has 0 aliphatic carbocycles. The van der Waals surface area contributed by atoms with E-state index in [4.69, 9.17) is 0 Å². The summed E-state index contributed by atoms with van der Waals surface area (Å²) in [6, 6.07) is 19.8. The maximum Gasteiger partial charge on any atom is 0.266 e. The van der Waals surface area contributed by atoms with Gasteiger partial charge in [-0.25, -0.2) is 0 Å². The van der Waals surface area contributed by atoms with Crippen molar-refractivity contribution in [3.63, 3.8) is 0 Å². The Bertz CT molecular complexity index is 526. The van der Waals surface area contributed by atoms with E-state index in [1.807, 2.05) is 60.7 Å². The summed E-state index contributed by atoms with van der Waals surface area (Å²) in [5.74, 6) is -0.126. The van der Waals surface area contributed by atoms with Crippen LogP contribution < -0.4 is 5.32 Å². The van der Waals surface area contributed by atoms with Gasteiger partial charge in [-0.05, 0) is 42.0 Å². The van der Waals surface area contributed by atoms with Crippen LogP contribution in [0.2, 0.25) is 0 Å². The fourth-order valence-corrected chi connectivity index (χ4v) is 3.21. The number of hydrogen-bond donors (Lipinski definition) is 1. The summed E-state index contributed by atoms with van der Waals surface area (Å²) in [6.45, 7) is 0.267. The molecule has 4 heteroatoms. The quantitative estimate of drug-likeness (QED) is 0.929. The zero-order valence-electron chi connectivity index (χ0n) is 10.7. The third-order valence-electron chi connectivity index (χ3n) is 2.45. The van der Waals surface area contributed by atoms with E-state index in [0.29, 0.717) is 0 Å². The van der Waals surface area contributed by atoms with Crippen molar-refractivity contribution in [1.29, 1.82) is 0 Å². The van der Waals surface area contributed by atoms with Crippen LogP contribution in [0.5, 0.6) is 0 Å². The summed E-state index contributed by atoms with van der Waals surface area (Å²) in [4.78, 5) is 13.9. The van der Waals surface area contributed by atoms with Crippen LogP contribution >= 0.6 is 0 Å². The molecule has 0 atom stereocenters. The Morgan fingerprint density at radius 1 is 1.00 bits per heavy atom. The first-order valence-electron chi connectivity index (χ1n) is 6.05. The van der Waals surface area contributed by atoms with E-state index in [9.17, 15) is 4.79 Å². The lowest BCUT2D eigenvalue weighted by molar-refractivity contribution is -0.116. The summed E-state index contributed by atoms with van der Waals surface area (Å²) in [5, 5.41) is 2.84. The topological polar surface area (TPSA) is 41.5 Å². The number of carbonyl (C=O) groups excluding carboxylic acids is 1. The van der Waals surface area contributed by atoms with Crippen LogP contribution in [-0.2, 0) is 15.5 Å². The van der Waals surface area contributed by atoms with Gasteiger partial charge in [0.25, 0.3) is 5.91 Å². The second-order valence-electron chi connectivity index (χ2n) is 3.93. The Labute approximate surface area is 115 Å². The fraction of sp³-hybridized carbons (Fsp3) is 0.133. The molecule has 2 aromatic carbocycles. The largest absolute Gasteiger partial charge is 0.311 e. The standard InChI is InChI=1S/C15H16N2OS/c1-16-12-15(18)17-19(13-8-4-2-5-9-13)14-10-6-3-7-11-14/h2-11,16H,12H2,1H3. The minimum Gasteiger partial charge on any atom is -0.311 e. The van der Waals surface area contributed by atoms with Gasteiger partial charge in [0.05, 0.1) is 6.54 Å². The van der Waals surface area contributed by atoms with E-state index < -0.39 is 10.7 Å². The summed E-state index contributed by atoms with van der Waals surface area (Å²) in [7, 11) is 1.20. The molecule has 19 heavy (non-hydrogen) atoms. The predicted octanol–water partition coefficient (Wildman–Crippen LogP) is 2.65. The van der Waals surface area contributed by atoms with Gasteiger partial charge in [0.1, 0.15) is 0 Å². The van der Waals surface area contributed by atoms with Gasteiger partial charge < -0.3 is 5.32 Å². The molecular formula is C15H16N2OS. The van der Waals surface area contributed by atoms with Gasteiger partial charge in [-0.3, -0.25) is 4.79 Å². The fourth-order valence-electron chi connectivity index (χ4n) is 1.63. The van der Waals surface area contributed by atoms with Gasteiger partial charge >= 0.3 is 0 Å². The maximum absolute atomic E-state index is 11.8. The van der Waals surface area contributed by atoms with Crippen LogP contribution in [0, 0.1) is 0 Å². The Hall–Kier alpha value is -1.78. The molecule has 0 heterocycles. The van der Waals surface area contributed by atoms with E-state index in [1.165, 1.54) is 0 Å². The van der Waals surface area contributed by atoms with Crippen molar-refractivity contribution < 1.29 is 4.79 Å². The lowest BCUT2D eigenvalue weighted by Crippen LogP contribution is -2.17. The van der Waals surface area contributed by atoms with Gasteiger partial charge in [-0.2, -0.15) is 4.36 Å². The number of benzene rings is 2. The van der Waals surface area contributed by atoms with Crippen molar-refractivity contribution in [1.82, 2.24) is 5.32 Å². The summed E-state index contributed by atoms with van der Waals surface area (Å²) >= 11 is 0. The van der Waals surface area contributed by atoms with Gasteiger partial charge in [-0.15, -0.1) is 0 Å². The number of nitrogens with one attached hydrogen (secondary N) is 1. The first kappa shape index (κ1) is 13.6. The Kier molecular flexibility index (Phi) is 5.01. The number of likely N-dealkylation sites (N-methyl/N-ethyl adjacent to an activating group) is 1. The van der Waals surface area contributed by atoms with E-state index in [1.54, 1.807) is 7.05 Å². The minimum absolute atomic E-state index is 0.126. The highest BCUT2D eigenvalue weighted by atomic mass is 32.2. The van der Waals surface area contributed by atoms with Crippen molar-refractivity contribution in [2.75, 3.05) is 13.6 Å². The summed E-state index contributed by atoms with van der Waals surface area (Å²) < 4.78 is 4.33. The number of hydrogen-bond acceptors (Lipinski definition) is 2. The zero-order chi connectivity index (χ0) is 13.5. The molecule has 1 amide bonds. The third-order valence-corrected chi connectivity index (χ3v) is 4.28. The van der Waals surface area contributed by atoms with Crippen molar-refractivity contribution >= 4 is 16.6 Å². The third kappa shape index (κ3) is 3.84. The SMILES string of the molecule is CNCC(=O)N=S(c1ccccc1)c1ccccc1. The first-order valence-corrected chi connectivity index (χ1v) is 7.23. The Morgan fingerprint density at radius 3 is 1.89 bits per heavy atom. The molecule has 0 aliphatic rings. The number of rotatable bonds is 4. The highest BCUT2D eigenvalue weighted by Crippen LogP contribution is 2.18. The molecule has 0 aromatic heterocycles. The normalized spacial score (nSPS) is 10.4. The molecule has 0 bridgehead atoms. The minimum atomic E-state index is -0.547. The zero-order valence-corrected chi connectivity index (χ0v) is 11.6. The van der Waals surface area contributed by atoms with E-state index in [0.717, 1.165) is 9.79 Å². The molecule has 1 N–H and O–H groups in total. The summed E-state index contributed by atoms with van der Waals surface area (Å²) in [5.41, 5.74) is 0. The second kappa shape index (κ2) is 6.97.